The number of rotatable bonds is 8. The van der Waals surface area contributed by atoms with Crippen molar-refractivity contribution in [2.45, 2.75) is 109 Å². The van der Waals surface area contributed by atoms with Crippen LogP contribution in [-0.4, -0.2) is 101 Å². The Kier molecular flexibility index (Phi) is 11.0. The summed E-state index contributed by atoms with van der Waals surface area (Å²) in [5, 5.41) is 13.7. The molecule has 1 spiro atoms. The van der Waals surface area contributed by atoms with Gasteiger partial charge in [-0.2, -0.15) is 0 Å². The van der Waals surface area contributed by atoms with Gasteiger partial charge < -0.3 is 34.4 Å². The van der Waals surface area contributed by atoms with Crippen molar-refractivity contribution in [2.24, 2.45) is 23.2 Å². The molecule has 0 saturated carbocycles. The molecule has 11 nitrogen and oxygen atoms in total. The number of nitrogens with one attached hydrogen (secondary N) is 1. The lowest BCUT2D eigenvalue weighted by Gasteiger charge is -2.46. The maximum atomic E-state index is 15.2. The number of carbonyl (C=O) groups is 4. The molecule has 4 heterocycles. The number of aliphatic hydroxyl groups is 1. The average Bonchev–Trinajstić information content (AvgIpc) is 3.67. The summed E-state index contributed by atoms with van der Waals surface area (Å²) in [5.74, 6) is -3.96. The van der Waals surface area contributed by atoms with E-state index in [1.54, 1.807) is 17.1 Å². The topological polar surface area (TPSA) is 135 Å². The summed E-state index contributed by atoms with van der Waals surface area (Å²) < 4.78 is 18.4. The van der Waals surface area contributed by atoms with Crippen molar-refractivity contribution in [1.82, 2.24) is 15.1 Å². The molecule has 0 aromatic heterocycles. The Hall–Kier alpha value is -3.54. The molecule has 4 aliphatic rings. The molecule has 3 amide bonds. The molecule has 2 N–H and O–H groups in total. The van der Waals surface area contributed by atoms with Gasteiger partial charge in [0.2, 0.25) is 17.7 Å². The maximum Gasteiger partial charge on any atom is 0.313 e. The molecule has 2 saturated heterocycles. The summed E-state index contributed by atoms with van der Waals surface area (Å²) in [6.07, 6.45) is 6.84. The largest absolute Gasteiger partial charge is 0.455 e. The minimum absolute atomic E-state index is 0.0694. The van der Waals surface area contributed by atoms with Crippen LogP contribution in [-0.2, 0) is 33.4 Å². The van der Waals surface area contributed by atoms with Crippen molar-refractivity contribution in [3.8, 4) is 0 Å². The number of esters is 1. The molecule has 0 unspecified atom stereocenters. The molecule has 0 radical (unpaired) electrons. The Labute approximate surface area is 296 Å². The zero-order valence-corrected chi connectivity index (χ0v) is 30.8. The summed E-state index contributed by atoms with van der Waals surface area (Å²) in [6, 6.07) is 6.58. The van der Waals surface area contributed by atoms with Gasteiger partial charge in [0.15, 0.2) is 0 Å². The van der Waals surface area contributed by atoms with Gasteiger partial charge in [-0.1, -0.05) is 89.3 Å². The van der Waals surface area contributed by atoms with E-state index in [0.29, 0.717) is 18.4 Å². The molecular formula is C39H55N3O8. The molecule has 4 aliphatic heterocycles. The summed E-state index contributed by atoms with van der Waals surface area (Å²) in [5.41, 5.74) is -1.59. The fourth-order valence-electron chi connectivity index (χ4n) is 8.72. The first-order valence-electron chi connectivity index (χ1n) is 17.9. The van der Waals surface area contributed by atoms with E-state index in [4.69, 9.17) is 14.2 Å². The first kappa shape index (κ1) is 37.7. The number of aliphatic hydroxyl groups excluding tert-OH is 1. The second-order valence-electron chi connectivity index (χ2n) is 16.3. The van der Waals surface area contributed by atoms with E-state index in [9.17, 15) is 19.5 Å². The highest BCUT2D eigenvalue weighted by Crippen LogP contribution is 2.57. The maximum absolute atomic E-state index is 15.2. The number of benzene rings is 1. The third-order valence-electron chi connectivity index (χ3n) is 10.5. The number of nitrogens with zero attached hydrogens (tertiary/aromatic N) is 2. The van der Waals surface area contributed by atoms with Crippen LogP contribution in [0, 0.1) is 23.2 Å². The Morgan fingerprint density at radius 2 is 1.74 bits per heavy atom. The minimum atomic E-state index is -1.44. The first-order valence-corrected chi connectivity index (χ1v) is 17.9. The lowest BCUT2D eigenvalue weighted by atomic mass is 9.74. The Morgan fingerprint density at radius 3 is 2.36 bits per heavy atom. The van der Waals surface area contributed by atoms with Crippen molar-refractivity contribution >= 4 is 23.7 Å². The zero-order chi connectivity index (χ0) is 36.6. The number of methoxy groups -OCH3 is 1. The lowest BCUT2D eigenvalue weighted by molar-refractivity contribution is -0.163. The predicted molar refractivity (Wildman–Crippen MR) is 187 cm³/mol. The van der Waals surface area contributed by atoms with Gasteiger partial charge in [-0.3, -0.25) is 19.2 Å². The van der Waals surface area contributed by atoms with E-state index in [1.165, 1.54) is 12.0 Å². The van der Waals surface area contributed by atoms with Crippen LogP contribution < -0.4 is 5.32 Å². The Morgan fingerprint density at radius 1 is 1.04 bits per heavy atom. The molecule has 50 heavy (non-hydrogen) atoms. The van der Waals surface area contributed by atoms with Crippen LogP contribution in [0.1, 0.15) is 79.4 Å². The number of carbonyl (C=O) groups excluding carboxylic acids is 4. The zero-order valence-electron chi connectivity index (χ0n) is 30.8. The second kappa shape index (κ2) is 14.6. The monoisotopic (exact) mass is 693 g/mol. The summed E-state index contributed by atoms with van der Waals surface area (Å²) >= 11 is 0. The van der Waals surface area contributed by atoms with Gasteiger partial charge in [-0.05, 0) is 43.6 Å². The highest BCUT2D eigenvalue weighted by Gasteiger charge is 2.74. The fraction of sp³-hybridized carbons (Fsp3) is 0.641. The third-order valence-corrected chi connectivity index (χ3v) is 10.5. The number of likely N-dealkylation sites (tertiary alicyclic amines) is 1. The number of ether oxygens (including phenoxy) is 3. The summed E-state index contributed by atoms with van der Waals surface area (Å²) in [4.78, 5) is 61.1. The normalized spacial score (nSPS) is 32.0. The van der Waals surface area contributed by atoms with Crippen molar-refractivity contribution in [3.05, 3.63) is 60.2 Å². The fourth-order valence-corrected chi connectivity index (χ4v) is 8.72. The number of hydrogen-bond donors (Lipinski definition) is 2. The molecule has 1 aromatic rings. The highest BCUT2D eigenvalue weighted by atomic mass is 16.6. The number of fused-ring (bicyclic) bond motifs is 2. The standard InChI is InChI=1S/C39H55N3O8/c1-24(2)27(21-43)42-33-35(46)41(38(6,7)23-37(3,4)5)20-14-10-13-17-29(44)40-26(22-48-8)32(25-15-11-9-12-16-25)49-36(47)30-28-18-19-39(33,50-28)31(30)34(42)45/h9-12,14-16,18-19,24,26-28,30-33,43H,13,17,20-23H2,1-8H3,(H,40,44)/b14-10-/t26-,27-,28+,30-,31-,32-,33+,39-/m0/s1. The van der Waals surface area contributed by atoms with Crippen LogP contribution in [0.3, 0.4) is 0 Å². The van der Waals surface area contributed by atoms with Crippen molar-refractivity contribution in [3.63, 3.8) is 0 Å². The van der Waals surface area contributed by atoms with Crippen LogP contribution in [0.4, 0.5) is 0 Å². The Balaban J connectivity index is 1.66. The van der Waals surface area contributed by atoms with Crippen molar-refractivity contribution < 1.29 is 38.5 Å². The number of allylic oxidation sites excluding steroid dienone is 1. The minimum Gasteiger partial charge on any atom is -0.455 e. The van der Waals surface area contributed by atoms with E-state index in [1.807, 2.05) is 70.2 Å². The first-order chi connectivity index (χ1) is 23.6. The van der Waals surface area contributed by atoms with E-state index in [0.717, 1.165) is 0 Å². The van der Waals surface area contributed by atoms with Gasteiger partial charge >= 0.3 is 5.97 Å². The van der Waals surface area contributed by atoms with Gasteiger partial charge in [0.1, 0.15) is 23.7 Å². The van der Waals surface area contributed by atoms with E-state index < -0.39 is 65.2 Å². The van der Waals surface area contributed by atoms with Crippen molar-refractivity contribution in [2.75, 3.05) is 26.9 Å². The molecule has 11 heteroatoms. The highest BCUT2D eigenvalue weighted by molar-refractivity contribution is 5.99. The Bertz CT molecular complexity index is 1480. The second-order valence-corrected chi connectivity index (χ2v) is 16.3. The summed E-state index contributed by atoms with van der Waals surface area (Å²) in [7, 11) is 1.52. The van der Waals surface area contributed by atoms with E-state index in [2.05, 4.69) is 26.1 Å². The molecule has 5 rings (SSSR count). The predicted octanol–water partition coefficient (Wildman–Crippen LogP) is 3.96. The SMILES string of the molecule is COC[C@@H]1NC(=O)CC/C=C\CN(C(C)(C)CC(C)(C)C)C(=O)[C@H]2N([C@@H](CO)C(C)C)C(=O)[C@@H]3[C@@H](C(=O)O[C@H]1c1ccccc1)[C@H]1C=C[C@]32O1. The molecule has 2 fully saturated rings. The van der Waals surface area contributed by atoms with Gasteiger partial charge in [0, 0.05) is 25.6 Å². The molecule has 1 aromatic carbocycles. The number of amides is 3. The molecule has 274 valence electrons. The quantitative estimate of drug-likeness (QED) is 0.309. The summed E-state index contributed by atoms with van der Waals surface area (Å²) in [6.45, 7) is 14.1. The average molecular weight is 694 g/mol. The van der Waals surface area contributed by atoms with Gasteiger partial charge in [0.25, 0.3) is 0 Å². The van der Waals surface area contributed by atoms with Crippen molar-refractivity contribution in [1.29, 1.82) is 0 Å². The van der Waals surface area contributed by atoms with Crippen LogP contribution >= 0.6 is 0 Å². The van der Waals surface area contributed by atoms with E-state index >= 15 is 4.79 Å². The van der Waals surface area contributed by atoms with E-state index in [-0.39, 0.29) is 49.3 Å². The molecule has 0 aliphatic carbocycles. The third kappa shape index (κ3) is 7.14. The molecule has 8 atom stereocenters. The van der Waals surface area contributed by atoms with Crippen LogP contribution in [0.25, 0.3) is 0 Å². The number of cyclic esters (lactones) is 1. The smallest absolute Gasteiger partial charge is 0.313 e. The van der Waals surface area contributed by atoms with Gasteiger partial charge in [-0.25, -0.2) is 0 Å². The number of hydrogen-bond acceptors (Lipinski definition) is 8. The molecular weight excluding hydrogens is 638 g/mol. The van der Waals surface area contributed by atoms with Gasteiger partial charge in [-0.15, -0.1) is 0 Å². The van der Waals surface area contributed by atoms with Crippen LogP contribution in [0.5, 0.6) is 0 Å². The van der Waals surface area contributed by atoms with Gasteiger partial charge in [0.05, 0.1) is 37.3 Å². The van der Waals surface area contributed by atoms with Crippen LogP contribution in [0.2, 0.25) is 0 Å². The molecule has 5 bridgehead atoms. The lowest BCUT2D eigenvalue weighted by Crippen LogP contribution is -2.63. The van der Waals surface area contributed by atoms with Crippen LogP contribution in [0.15, 0.2) is 54.6 Å².